The molecule has 0 aliphatic heterocycles. The Morgan fingerprint density at radius 1 is 1.64 bits per heavy atom. The summed E-state index contributed by atoms with van der Waals surface area (Å²) in [6, 6.07) is 6.74. The molecule has 14 heavy (non-hydrogen) atoms. The van der Waals surface area contributed by atoms with Gasteiger partial charge in [0, 0.05) is 10.6 Å². The van der Waals surface area contributed by atoms with Gasteiger partial charge in [-0.3, -0.25) is 4.79 Å². The number of hydrogen-bond acceptors (Lipinski definition) is 2. The molecule has 0 aliphatic carbocycles. The van der Waals surface area contributed by atoms with Crippen molar-refractivity contribution in [2.75, 3.05) is 0 Å². The lowest BCUT2D eigenvalue weighted by Crippen LogP contribution is -2.13. The second kappa shape index (κ2) is 4.64. The van der Waals surface area contributed by atoms with Gasteiger partial charge in [-0.25, -0.2) is 0 Å². The summed E-state index contributed by atoms with van der Waals surface area (Å²) in [4.78, 5) is 11.0. The van der Waals surface area contributed by atoms with Gasteiger partial charge in [-0.2, -0.15) is 5.26 Å². The number of nitriles is 1. The number of nitrogens with zero attached hydrogens (tertiary/aromatic N) is 1. The fourth-order valence-corrected chi connectivity index (χ4v) is 1.28. The van der Waals surface area contributed by atoms with Crippen LogP contribution in [-0.2, 0) is 6.42 Å². The minimum Gasteiger partial charge on any atom is -0.366 e. The lowest BCUT2D eigenvalue weighted by atomic mass is 10.0. The quantitative estimate of drug-likeness (QED) is 0.820. The van der Waals surface area contributed by atoms with Gasteiger partial charge in [0.2, 0.25) is 5.91 Å². The van der Waals surface area contributed by atoms with E-state index in [1.807, 2.05) is 6.07 Å². The molecule has 0 aromatic heterocycles. The van der Waals surface area contributed by atoms with Gasteiger partial charge in [0.1, 0.15) is 0 Å². The first-order valence-corrected chi connectivity index (χ1v) is 4.32. The fourth-order valence-electron chi connectivity index (χ4n) is 1.11. The molecule has 1 radical (unpaired) electrons. The standard InChI is InChI=1S/C10H8ClN2O/c11-8-4-3-7(2-1-5-12)9(6-8)10(13)14/h1,3-4,6H,2H2,(H2,13,14). The zero-order valence-electron chi connectivity index (χ0n) is 7.33. The highest BCUT2D eigenvalue weighted by Gasteiger charge is 2.08. The predicted molar refractivity (Wildman–Crippen MR) is 53.6 cm³/mol. The minimum absolute atomic E-state index is 0.365. The number of rotatable bonds is 3. The van der Waals surface area contributed by atoms with Gasteiger partial charge in [-0.15, -0.1) is 0 Å². The Morgan fingerprint density at radius 3 is 2.93 bits per heavy atom. The Bertz CT molecular complexity index is 396. The third kappa shape index (κ3) is 2.48. The molecule has 0 saturated carbocycles. The van der Waals surface area contributed by atoms with Crippen LogP contribution in [0.4, 0.5) is 0 Å². The highest BCUT2D eigenvalue weighted by atomic mass is 35.5. The maximum absolute atomic E-state index is 11.0. The van der Waals surface area contributed by atoms with Crippen LogP contribution in [0.2, 0.25) is 5.02 Å². The molecule has 71 valence electrons. The van der Waals surface area contributed by atoms with Crippen LogP contribution in [0.1, 0.15) is 15.9 Å². The minimum atomic E-state index is -0.533. The van der Waals surface area contributed by atoms with Crippen LogP contribution < -0.4 is 5.73 Å². The number of benzene rings is 1. The highest BCUT2D eigenvalue weighted by molar-refractivity contribution is 6.31. The molecule has 0 heterocycles. The smallest absolute Gasteiger partial charge is 0.249 e. The lowest BCUT2D eigenvalue weighted by molar-refractivity contribution is 0.0999. The summed E-state index contributed by atoms with van der Waals surface area (Å²) in [5, 5.41) is 8.82. The zero-order chi connectivity index (χ0) is 10.6. The van der Waals surface area contributed by atoms with Gasteiger partial charge < -0.3 is 5.73 Å². The molecule has 1 rings (SSSR count). The van der Waals surface area contributed by atoms with Crippen molar-refractivity contribution in [2.24, 2.45) is 5.73 Å². The van der Waals surface area contributed by atoms with Crippen molar-refractivity contribution in [3.63, 3.8) is 0 Å². The molecule has 0 spiro atoms. The van der Waals surface area contributed by atoms with E-state index in [9.17, 15) is 4.79 Å². The van der Waals surface area contributed by atoms with E-state index >= 15 is 0 Å². The molecule has 1 aromatic rings. The van der Waals surface area contributed by atoms with Crippen molar-refractivity contribution in [1.82, 2.24) is 0 Å². The fraction of sp³-hybridized carbons (Fsp3) is 0.100. The topological polar surface area (TPSA) is 66.9 Å². The Balaban J connectivity index is 3.03. The van der Waals surface area contributed by atoms with Gasteiger partial charge in [0.15, 0.2) is 0 Å². The highest BCUT2D eigenvalue weighted by Crippen LogP contribution is 2.16. The van der Waals surface area contributed by atoms with Gasteiger partial charge in [0.05, 0.1) is 12.5 Å². The largest absolute Gasteiger partial charge is 0.366 e. The molecule has 0 bridgehead atoms. The summed E-state index contributed by atoms with van der Waals surface area (Å²) in [6.45, 7) is 0. The predicted octanol–water partition coefficient (Wildman–Crippen LogP) is 1.71. The Kier molecular flexibility index (Phi) is 3.49. The van der Waals surface area contributed by atoms with E-state index in [1.165, 1.54) is 12.5 Å². The van der Waals surface area contributed by atoms with Crippen molar-refractivity contribution in [1.29, 1.82) is 5.26 Å². The van der Waals surface area contributed by atoms with Crippen molar-refractivity contribution in [3.05, 3.63) is 40.8 Å². The van der Waals surface area contributed by atoms with E-state index in [-0.39, 0.29) is 0 Å². The zero-order valence-corrected chi connectivity index (χ0v) is 8.08. The van der Waals surface area contributed by atoms with Crippen LogP contribution in [0.3, 0.4) is 0 Å². The van der Waals surface area contributed by atoms with Gasteiger partial charge in [-0.1, -0.05) is 17.7 Å². The third-order valence-corrected chi connectivity index (χ3v) is 1.99. The molecule has 0 fully saturated rings. The van der Waals surface area contributed by atoms with Crippen molar-refractivity contribution >= 4 is 17.5 Å². The van der Waals surface area contributed by atoms with E-state index in [0.29, 0.717) is 22.6 Å². The molecule has 0 saturated heterocycles. The number of halogens is 1. The Hall–Kier alpha value is -1.53. The molecular weight excluding hydrogens is 200 g/mol. The normalized spacial score (nSPS) is 9.43. The summed E-state index contributed by atoms with van der Waals surface area (Å²) < 4.78 is 0. The average Bonchev–Trinajstić information content (AvgIpc) is 2.15. The lowest BCUT2D eigenvalue weighted by Gasteiger charge is -2.04. The van der Waals surface area contributed by atoms with E-state index in [1.54, 1.807) is 12.1 Å². The summed E-state index contributed by atoms with van der Waals surface area (Å²) in [6.07, 6.45) is 1.79. The molecule has 2 N–H and O–H groups in total. The molecule has 0 unspecified atom stereocenters. The molecule has 3 nitrogen and oxygen atoms in total. The monoisotopic (exact) mass is 207 g/mol. The second-order valence-electron chi connectivity index (χ2n) is 2.70. The molecule has 4 heteroatoms. The second-order valence-corrected chi connectivity index (χ2v) is 3.14. The number of hydrogen-bond donors (Lipinski definition) is 1. The van der Waals surface area contributed by atoms with Gasteiger partial charge in [0.25, 0.3) is 0 Å². The van der Waals surface area contributed by atoms with Crippen molar-refractivity contribution in [3.8, 4) is 6.07 Å². The first kappa shape index (κ1) is 10.6. The molecule has 1 aromatic carbocycles. The number of nitrogens with two attached hydrogens (primary N) is 1. The first-order chi connectivity index (χ1) is 6.65. The number of carbonyl (C=O) groups excluding carboxylic acids is 1. The number of carbonyl (C=O) groups is 1. The number of amides is 1. The van der Waals surface area contributed by atoms with Gasteiger partial charge >= 0.3 is 0 Å². The van der Waals surface area contributed by atoms with Gasteiger partial charge in [-0.05, 0) is 24.1 Å². The molecule has 0 aliphatic rings. The Labute approximate surface area is 87.1 Å². The maximum atomic E-state index is 11.0. The van der Waals surface area contributed by atoms with E-state index in [0.717, 1.165) is 0 Å². The first-order valence-electron chi connectivity index (χ1n) is 3.94. The summed E-state index contributed by atoms with van der Waals surface area (Å²) in [5.74, 6) is -0.533. The molecular formula is C10H8ClN2O. The van der Waals surface area contributed by atoms with Crippen molar-refractivity contribution in [2.45, 2.75) is 6.42 Å². The Morgan fingerprint density at radius 2 is 2.36 bits per heavy atom. The van der Waals surface area contributed by atoms with E-state index in [4.69, 9.17) is 22.6 Å². The van der Waals surface area contributed by atoms with E-state index in [2.05, 4.69) is 0 Å². The summed E-state index contributed by atoms with van der Waals surface area (Å²) >= 11 is 5.71. The van der Waals surface area contributed by atoms with Crippen molar-refractivity contribution < 1.29 is 4.79 Å². The average molecular weight is 208 g/mol. The van der Waals surface area contributed by atoms with Crippen LogP contribution in [0.5, 0.6) is 0 Å². The molecule has 0 atom stereocenters. The van der Waals surface area contributed by atoms with E-state index < -0.39 is 5.91 Å². The summed E-state index contributed by atoms with van der Waals surface area (Å²) in [5.41, 5.74) is 6.24. The molecule has 1 amide bonds. The SMILES string of the molecule is N#C[CH]Cc1ccc(Cl)cc1C(N)=O. The van der Waals surface area contributed by atoms with Crippen LogP contribution in [0.15, 0.2) is 18.2 Å². The summed E-state index contributed by atoms with van der Waals surface area (Å²) in [7, 11) is 0. The number of primary amides is 1. The maximum Gasteiger partial charge on any atom is 0.249 e. The van der Waals surface area contributed by atoms with Crippen LogP contribution >= 0.6 is 11.6 Å². The van der Waals surface area contributed by atoms with Crippen LogP contribution in [-0.4, -0.2) is 5.91 Å². The van der Waals surface area contributed by atoms with Crippen LogP contribution in [0.25, 0.3) is 0 Å². The van der Waals surface area contributed by atoms with Crippen LogP contribution in [0, 0.1) is 17.8 Å². The third-order valence-electron chi connectivity index (χ3n) is 1.75.